The summed E-state index contributed by atoms with van der Waals surface area (Å²) in [7, 11) is 1.72. The minimum atomic E-state index is -1.12. The van der Waals surface area contributed by atoms with Gasteiger partial charge in [0.15, 0.2) is 0 Å². The number of hydrogen-bond acceptors (Lipinski definition) is 4. The van der Waals surface area contributed by atoms with E-state index in [2.05, 4.69) is 5.32 Å². The number of nitrogens with zero attached hydrogens (tertiary/aromatic N) is 3. The number of rotatable bonds is 6. The van der Waals surface area contributed by atoms with Gasteiger partial charge in [-0.3, -0.25) is 14.4 Å². The fraction of sp³-hybridized carbons (Fsp3) is 0.346. The van der Waals surface area contributed by atoms with Gasteiger partial charge in [-0.05, 0) is 56.0 Å². The Balaban J connectivity index is 1.48. The molecule has 0 bridgehead atoms. The second-order valence-corrected chi connectivity index (χ2v) is 8.94. The van der Waals surface area contributed by atoms with E-state index in [1.807, 2.05) is 61.7 Å². The monoisotopic (exact) mass is 446 g/mol. The molecule has 7 nitrogen and oxygen atoms in total. The highest BCUT2D eigenvalue weighted by Crippen LogP contribution is 2.38. The zero-order chi connectivity index (χ0) is 23.8. The molecule has 0 saturated carbocycles. The van der Waals surface area contributed by atoms with E-state index < -0.39 is 5.41 Å². The summed E-state index contributed by atoms with van der Waals surface area (Å²) in [5.74, 6) is -0.405. The molecule has 2 amide bonds. The SMILES string of the molecule is CCN1C(=O)C(C)(C)C(=O)N(C)c2cc(CNCCn3ccc4ccccc4c3=O)ccc21. The van der Waals surface area contributed by atoms with Crippen LogP contribution in [0.15, 0.2) is 59.5 Å². The molecular formula is C26H30N4O3. The Hall–Kier alpha value is -3.45. The van der Waals surface area contributed by atoms with Crippen molar-refractivity contribution < 1.29 is 9.59 Å². The molecule has 2 aromatic carbocycles. The van der Waals surface area contributed by atoms with Gasteiger partial charge >= 0.3 is 0 Å². The predicted octanol–water partition coefficient (Wildman–Crippen LogP) is 3.15. The zero-order valence-corrected chi connectivity index (χ0v) is 19.6. The topological polar surface area (TPSA) is 74.7 Å². The lowest BCUT2D eigenvalue weighted by molar-refractivity contribution is -0.137. The van der Waals surface area contributed by atoms with Crippen LogP contribution in [-0.2, 0) is 22.7 Å². The number of anilines is 2. The number of amides is 2. The summed E-state index contributed by atoms with van der Waals surface area (Å²) in [4.78, 5) is 41.9. The highest BCUT2D eigenvalue weighted by Gasteiger charge is 2.45. The van der Waals surface area contributed by atoms with Gasteiger partial charge in [-0.25, -0.2) is 0 Å². The quantitative estimate of drug-likeness (QED) is 0.466. The highest BCUT2D eigenvalue weighted by molar-refractivity contribution is 6.19. The van der Waals surface area contributed by atoms with Gasteiger partial charge in [-0.15, -0.1) is 0 Å². The van der Waals surface area contributed by atoms with Crippen molar-refractivity contribution in [3.63, 3.8) is 0 Å². The molecule has 7 heteroatoms. The molecule has 33 heavy (non-hydrogen) atoms. The maximum atomic E-state index is 13.0. The Morgan fingerprint density at radius 1 is 0.939 bits per heavy atom. The summed E-state index contributed by atoms with van der Waals surface area (Å²) in [6.45, 7) is 7.53. The van der Waals surface area contributed by atoms with Crippen LogP contribution in [0.1, 0.15) is 26.3 Å². The van der Waals surface area contributed by atoms with E-state index in [-0.39, 0.29) is 17.4 Å². The van der Waals surface area contributed by atoms with Crippen molar-refractivity contribution in [1.29, 1.82) is 0 Å². The summed E-state index contributed by atoms with van der Waals surface area (Å²) in [5.41, 5.74) is 1.37. The number of fused-ring (bicyclic) bond motifs is 2. The second-order valence-electron chi connectivity index (χ2n) is 8.94. The Labute approximate surface area is 193 Å². The van der Waals surface area contributed by atoms with Crippen LogP contribution in [-0.4, -0.2) is 36.5 Å². The average molecular weight is 447 g/mol. The molecule has 0 aliphatic carbocycles. The molecule has 172 valence electrons. The number of benzene rings is 2. The molecule has 1 aliphatic rings. The van der Waals surface area contributed by atoms with E-state index >= 15 is 0 Å². The maximum Gasteiger partial charge on any atom is 0.258 e. The van der Waals surface area contributed by atoms with Gasteiger partial charge in [0.05, 0.1) is 11.4 Å². The molecule has 0 radical (unpaired) electrons. The van der Waals surface area contributed by atoms with Crippen LogP contribution in [0.5, 0.6) is 0 Å². The van der Waals surface area contributed by atoms with E-state index in [1.54, 1.807) is 35.3 Å². The lowest BCUT2D eigenvalue weighted by atomic mass is 9.90. The summed E-state index contributed by atoms with van der Waals surface area (Å²) in [6.07, 6.45) is 1.83. The molecule has 0 spiro atoms. The van der Waals surface area contributed by atoms with Gasteiger partial charge in [0, 0.05) is 44.8 Å². The van der Waals surface area contributed by atoms with Crippen LogP contribution in [0.3, 0.4) is 0 Å². The lowest BCUT2D eigenvalue weighted by Crippen LogP contribution is -2.47. The van der Waals surface area contributed by atoms with Crippen LogP contribution in [0.25, 0.3) is 10.8 Å². The largest absolute Gasteiger partial charge is 0.314 e. The van der Waals surface area contributed by atoms with Crippen LogP contribution in [0.2, 0.25) is 0 Å². The predicted molar refractivity (Wildman–Crippen MR) is 132 cm³/mol. The lowest BCUT2D eigenvalue weighted by Gasteiger charge is -2.27. The Morgan fingerprint density at radius 3 is 2.45 bits per heavy atom. The molecule has 1 N–H and O–H groups in total. The van der Waals surface area contributed by atoms with Gasteiger partial charge in [0.1, 0.15) is 5.41 Å². The molecule has 0 saturated heterocycles. The van der Waals surface area contributed by atoms with Gasteiger partial charge in [0.25, 0.3) is 5.56 Å². The molecule has 1 aliphatic heterocycles. The first-order valence-electron chi connectivity index (χ1n) is 11.3. The molecule has 2 heterocycles. The third-order valence-corrected chi connectivity index (χ3v) is 6.37. The molecule has 1 aromatic heterocycles. The van der Waals surface area contributed by atoms with E-state index in [4.69, 9.17) is 0 Å². The van der Waals surface area contributed by atoms with Gasteiger partial charge in [-0.2, -0.15) is 0 Å². The van der Waals surface area contributed by atoms with Crippen molar-refractivity contribution in [3.05, 3.63) is 70.6 Å². The fourth-order valence-corrected chi connectivity index (χ4v) is 4.39. The minimum absolute atomic E-state index is 0.00649. The second kappa shape index (κ2) is 8.83. The van der Waals surface area contributed by atoms with E-state index in [9.17, 15) is 14.4 Å². The van der Waals surface area contributed by atoms with E-state index in [0.29, 0.717) is 26.2 Å². The number of carbonyl (C=O) groups is 2. The first-order valence-corrected chi connectivity index (χ1v) is 11.3. The maximum absolute atomic E-state index is 13.0. The summed E-state index contributed by atoms with van der Waals surface area (Å²) in [5, 5.41) is 5.04. The Kier molecular flexibility index (Phi) is 6.08. The summed E-state index contributed by atoms with van der Waals surface area (Å²) in [6, 6.07) is 15.4. The summed E-state index contributed by atoms with van der Waals surface area (Å²) < 4.78 is 1.71. The number of aromatic nitrogens is 1. The molecule has 0 atom stereocenters. The standard InChI is InChI=1S/C26H30N4O3/c1-5-30-21-11-10-18(16-22(21)28(4)24(32)26(2,3)25(30)33)17-27-13-15-29-14-12-19-8-6-7-9-20(19)23(29)31/h6-12,14,16,27H,5,13,15,17H2,1-4H3. The van der Waals surface area contributed by atoms with Crippen molar-refractivity contribution in [2.45, 2.75) is 33.9 Å². The van der Waals surface area contributed by atoms with Crippen molar-refractivity contribution in [2.24, 2.45) is 5.41 Å². The average Bonchev–Trinajstić information content (AvgIpc) is 2.87. The summed E-state index contributed by atoms with van der Waals surface area (Å²) >= 11 is 0. The Bertz CT molecular complexity index is 1280. The van der Waals surface area contributed by atoms with Crippen molar-refractivity contribution in [3.8, 4) is 0 Å². The van der Waals surface area contributed by atoms with Crippen molar-refractivity contribution >= 4 is 34.0 Å². The first kappa shape index (κ1) is 22.7. The minimum Gasteiger partial charge on any atom is -0.314 e. The molecule has 0 fully saturated rings. The van der Waals surface area contributed by atoms with Crippen LogP contribution in [0, 0.1) is 5.41 Å². The number of pyridine rings is 1. The molecule has 4 rings (SSSR count). The van der Waals surface area contributed by atoms with Crippen LogP contribution < -0.4 is 20.7 Å². The molecular weight excluding hydrogens is 416 g/mol. The van der Waals surface area contributed by atoms with Gasteiger partial charge in [-0.1, -0.05) is 24.3 Å². The van der Waals surface area contributed by atoms with Crippen molar-refractivity contribution in [1.82, 2.24) is 9.88 Å². The normalized spacial score (nSPS) is 15.6. The fourth-order valence-electron chi connectivity index (χ4n) is 4.39. The zero-order valence-electron chi connectivity index (χ0n) is 19.6. The smallest absolute Gasteiger partial charge is 0.258 e. The third-order valence-electron chi connectivity index (χ3n) is 6.37. The van der Waals surface area contributed by atoms with Crippen molar-refractivity contribution in [2.75, 3.05) is 29.9 Å². The van der Waals surface area contributed by atoms with E-state index in [0.717, 1.165) is 27.7 Å². The number of nitrogens with one attached hydrogen (secondary N) is 1. The highest BCUT2D eigenvalue weighted by atomic mass is 16.2. The Morgan fingerprint density at radius 2 is 1.70 bits per heavy atom. The number of hydrogen-bond donors (Lipinski definition) is 1. The first-order chi connectivity index (χ1) is 15.8. The van der Waals surface area contributed by atoms with Crippen LogP contribution in [0.4, 0.5) is 11.4 Å². The van der Waals surface area contributed by atoms with Crippen LogP contribution >= 0.6 is 0 Å². The number of carbonyl (C=O) groups excluding carboxylic acids is 2. The van der Waals surface area contributed by atoms with Gasteiger partial charge < -0.3 is 19.7 Å². The third kappa shape index (κ3) is 4.04. The molecule has 0 unspecified atom stereocenters. The van der Waals surface area contributed by atoms with E-state index in [1.165, 1.54) is 0 Å². The van der Waals surface area contributed by atoms with Gasteiger partial charge in [0.2, 0.25) is 11.8 Å². The molecule has 3 aromatic rings.